The molecule has 0 aromatic carbocycles. The predicted octanol–water partition coefficient (Wildman–Crippen LogP) is 1.74. The van der Waals surface area contributed by atoms with Crippen molar-refractivity contribution >= 4 is 17.5 Å². The van der Waals surface area contributed by atoms with Gasteiger partial charge in [0.25, 0.3) is 0 Å². The molecule has 13 heavy (non-hydrogen) atoms. The largest absolute Gasteiger partial charge is 0.384 e. The number of nitrogens with one attached hydrogen (secondary N) is 2. The lowest BCUT2D eigenvalue weighted by Gasteiger charge is -2.02. The highest BCUT2D eigenvalue weighted by molar-refractivity contribution is 5.53. The van der Waals surface area contributed by atoms with Crippen molar-refractivity contribution in [3.8, 4) is 0 Å². The van der Waals surface area contributed by atoms with Gasteiger partial charge in [0, 0.05) is 6.20 Å². The second-order valence-electron chi connectivity index (χ2n) is 2.66. The summed E-state index contributed by atoms with van der Waals surface area (Å²) in [5, 5.41) is 3.08. The van der Waals surface area contributed by atoms with Crippen LogP contribution in [0.2, 0.25) is 0 Å². The summed E-state index contributed by atoms with van der Waals surface area (Å²) in [5.74, 6) is 2.15. The van der Waals surface area contributed by atoms with Crippen LogP contribution in [0.1, 0.15) is 0 Å². The first-order valence-electron chi connectivity index (χ1n) is 3.97. The van der Waals surface area contributed by atoms with Crippen molar-refractivity contribution in [2.45, 2.75) is 0 Å². The highest BCUT2D eigenvalue weighted by Crippen LogP contribution is 2.12. The number of nitrogens with zero attached hydrogens (tertiary/aromatic N) is 1. The number of aromatic amines is 1. The van der Waals surface area contributed by atoms with Crippen molar-refractivity contribution in [2.24, 2.45) is 0 Å². The smallest absolute Gasteiger partial charge is 0.133 e. The van der Waals surface area contributed by atoms with Crippen LogP contribution in [0.15, 0.2) is 36.5 Å². The van der Waals surface area contributed by atoms with Crippen molar-refractivity contribution < 1.29 is 0 Å². The highest BCUT2D eigenvalue weighted by Gasteiger charge is 1.95. The van der Waals surface area contributed by atoms with E-state index in [1.54, 1.807) is 6.07 Å². The summed E-state index contributed by atoms with van der Waals surface area (Å²) in [6.45, 7) is 0. The molecule has 4 nitrogen and oxygen atoms in total. The van der Waals surface area contributed by atoms with Gasteiger partial charge in [0.2, 0.25) is 0 Å². The van der Waals surface area contributed by atoms with Crippen LogP contribution in [0.4, 0.5) is 17.5 Å². The second kappa shape index (κ2) is 3.18. The van der Waals surface area contributed by atoms with Gasteiger partial charge in [-0.05, 0) is 24.3 Å². The fourth-order valence-corrected chi connectivity index (χ4v) is 1.07. The number of pyridine rings is 1. The van der Waals surface area contributed by atoms with Gasteiger partial charge in [-0.2, -0.15) is 0 Å². The fourth-order valence-electron chi connectivity index (χ4n) is 1.07. The van der Waals surface area contributed by atoms with Crippen LogP contribution in [0.3, 0.4) is 0 Å². The predicted molar refractivity (Wildman–Crippen MR) is 52.7 cm³/mol. The van der Waals surface area contributed by atoms with E-state index in [1.807, 2.05) is 30.5 Å². The zero-order valence-corrected chi connectivity index (χ0v) is 6.99. The molecule has 0 saturated heterocycles. The topological polar surface area (TPSA) is 66.7 Å². The van der Waals surface area contributed by atoms with E-state index in [0.29, 0.717) is 5.82 Å². The number of H-pyrrole nitrogens is 1. The lowest BCUT2D eigenvalue weighted by Crippen LogP contribution is -1.96. The first kappa shape index (κ1) is 7.67. The maximum atomic E-state index is 5.53. The van der Waals surface area contributed by atoms with E-state index in [9.17, 15) is 0 Å². The summed E-state index contributed by atoms with van der Waals surface area (Å²) in [4.78, 5) is 7.11. The molecule has 0 unspecified atom stereocenters. The summed E-state index contributed by atoms with van der Waals surface area (Å²) >= 11 is 0. The Morgan fingerprint density at radius 2 is 2.15 bits per heavy atom. The number of nitrogen functional groups attached to an aromatic ring is 1. The van der Waals surface area contributed by atoms with Crippen LogP contribution in [-0.4, -0.2) is 9.97 Å². The van der Waals surface area contributed by atoms with Gasteiger partial charge in [-0.25, -0.2) is 4.98 Å². The Morgan fingerprint density at radius 3 is 2.85 bits per heavy atom. The number of aromatic nitrogens is 2. The monoisotopic (exact) mass is 174 g/mol. The van der Waals surface area contributed by atoms with E-state index >= 15 is 0 Å². The van der Waals surface area contributed by atoms with Crippen LogP contribution in [-0.2, 0) is 0 Å². The normalized spacial score (nSPS) is 9.85. The van der Waals surface area contributed by atoms with Crippen LogP contribution in [0, 0.1) is 0 Å². The molecule has 0 spiro atoms. The van der Waals surface area contributed by atoms with Gasteiger partial charge < -0.3 is 16.0 Å². The molecule has 2 rings (SSSR count). The molecule has 66 valence electrons. The van der Waals surface area contributed by atoms with Gasteiger partial charge in [-0.3, -0.25) is 0 Å². The van der Waals surface area contributed by atoms with Crippen LogP contribution in [0.25, 0.3) is 0 Å². The SMILES string of the molecule is Nc1cccc(Nc2ccc[nH]2)n1. The second-order valence-corrected chi connectivity index (χ2v) is 2.66. The molecule has 0 saturated carbocycles. The van der Waals surface area contributed by atoms with Crippen molar-refractivity contribution in [2.75, 3.05) is 11.1 Å². The number of hydrogen-bond acceptors (Lipinski definition) is 3. The number of anilines is 3. The van der Waals surface area contributed by atoms with E-state index in [0.717, 1.165) is 11.6 Å². The molecular weight excluding hydrogens is 164 g/mol. The van der Waals surface area contributed by atoms with E-state index < -0.39 is 0 Å². The Labute approximate surface area is 75.8 Å². The molecule has 0 aliphatic carbocycles. The van der Waals surface area contributed by atoms with Gasteiger partial charge in [0.05, 0.1) is 0 Å². The average molecular weight is 174 g/mol. The third-order valence-corrected chi connectivity index (χ3v) is 1.63. The highest BCUT2D eigenvalue weighted by atomic mass is 15.1. The molecule has 0 aliphatic rings. The van der Waals surface area contributed by atoms with Gasteiger partial charge in [0.15, 0.2) is 0 Å². The minimum atomic E-state index is 0.511. The quantitative estimate of drug-likeness (QED) is 0.649. The minimum Gasteiger partial charge on any atom is -0.384 e. The standard InChI is InChI=1S/C9H10N4/c10-7-3-1-4-9(12-7)13-8-5-2-6-11-8/h1-6,11H,(H3,10,12,13). The first-order chi connectivity index (χ1) is 6.34. The van der Waals surface area contributed by atoms with Gasteiger partial charge in [-0.1, -0.05) is 6.07 Å². The molecule has 0 fully saturated rings. The van der Waals surface area contributed by atoms with Gasteiger partial charge >= 0.3 is 0 Å². The molecular formula is C9H10N4. The molecule has 0 bridgehead atoms. The Kier molecular flexibility index (Phi) is 1.88. The Hall–Kier alpha value is -1.97. The molecule has 0 atom stereocenters. The molecule has 2 aromatic rings. The summed E-state index contributed by atoms with van der Waals surface area (Å²) in [6, 6.07) is 9.30. The van der Waals surface area contributed by atoms with Crippen LogP contribution >= 0.6 is 0 Å². The first-order valence-corrected chi connectivity index (χ1v) is 3.97. The van der Waals surface area contributed by atoms with E-state index in [4.69, 9.17) is 5.73 Å². The third-order valence-electron chi connectivity index (χ3n) is 1.63. The van der Waals surface area contributed by atoms with Crippen molar-refractivity contribution in [3.63, 3.8) is 0 Å². The number of nitrogens with two attached hydrogens (primary N) is 1. The third kappa shape index (κ3) is 1.79. The minimum absolute atomic E-state index is 0.511. The maximum absolute atomic E-state index is 5.53. The summed E-state index contributed by atoms with van der Waals surface area (Å²) < 4.78 is 0. The van der Waals surface area contributed by atoms with E-state index in [2.05, 4.69) is 15.3 Å². The van der Waals surface area contributed by atoms with Gasteiger partial charge in [-0.15, -0.1) is 0 Å². The number of rotatable bonds is 2. The molecule has 2 heterocycles. The maximum Gasteiger partial charge on any atom is 0.133 e. The molecule has 2 aromatic heterocycles. The number of hydrogen-bond donors (Lipinski definition) is 3. The van der Waals surface area contributed by atoms with E-state index in [1.165, 1.54) is 0 Å². The van der Waals surface area contributed by atoms with Crippen molar-refractivity contribution in [1.29, 1.82) is 0 Å². The summed E-state index contributed by atoms with van der Waals surface area (Å²) in [7, 11) is 0. The van der Waals surface area contributed by atoms with Gasteiger partial charge in [0.1, 0.15) is 17.5 Å². The van der Waals surface area contributed by atoms with Crippen molar-refractivity contribution in [3.05, 3.63) is 36.5 Å². The molecule has 4 heteroatoms. The summed E-state index contributed by atoms with van der Waals surface area (Å²) in [5.41, 5.74) is 5.53. The summed E-state index contributed by atoms with van der Waals surface area (Å²) in [6.07, 6.45) is 1.84. The lowest BCUT2D eigenvalue weighted by molar-refractivity contribution is 1.28. The van der Waals surface area contributed by atoms with Crippen LogP contribution in [0.5, 0.6) is 0 Å². The molecule has 0 aliphatic heterocycles. The fraction of sp³-hybridized carbons (Fsp3) is 0. The lowest BCUT2D eigenvalue weighted by atomic mass is 10.4. The molecule has 0 radical (unpaired) electrons. The Morgan fingerprint density at radius 1 is 1.23 bits per heavy atom. The Bertz CT molecular complexity index is 380. The van der Waals surface area contributed by atoms with Crippen molar-refractivity contribution in [1.82, 2.24) is 9.97 Å². The molecule has 0 amide bonds. The van der Waals surface area contributed by atoms with E-state index in [-0.39, 0.29) is 0 Å². The molecule has 4 N–H and O–H groups in total. The zero-order chi connectivity index (χ0) is 9.10. The Balaban J connectivity index is 2.19. The average Bonchev–Trinajstić information content (AvgIpc) is 2.57. The zero-order valence-electron chi connectivity index (χ0n) is 6.99. The van der Waals surface area contributed by atoms with Crippen LogP contribution < -0.4 is 11.1 Å².